The van der Waals surface area contributed by atoms with Gasteiger partial charge in [0, 0.05) is 11.9 Å². The quantitative estimate of drug-likeness (QED) is 0.883. The summed E-state index contributed by atoms with van der Waals surface area (Å²) in [5, 5.41) is 3.27. The van der Waals surface area contributed by atoms with Crippen molar-refractivity contribution in [1.82, 2.24) is 9.97 Å². The average molecular weight is 297 g/mol. The molecular formula is C16H19N5O. The molecule has 6 nitrogen and oxygen atoms in total. The van der Waals surface area contributed by atoms with Crippen LogP contribution in [0.4, 0.5) is 11.5 Å². The lowest BCUT2D eigenvalue weighted by molar-refractivity contribution is 0.308. The van der Waals surface area contributed by atoms with Crippen molar-refractivity contribution in [3.05, 3.63) is 47.9 Å². The summed E-state index contributed by atoms with van der Waals surface area (Å²) in [7, 11) is 0. The predicted octanol–water partition coefficient (Wildman–Crippen LogP) is 2.17. The highest BCUT2D eigenvalue weighted by Gasteiger charge is 2.16. The Balaban J connectivity index is 1.56. The van der Waals surface area contributed by atoms with Gasteiger partial charge in [-0.15, -0.1) is 0 Å². The minimum absolute atomic E-state index is 0.182. The summed E-state index contributed by atoms with van der Waals surface area (Å²) in [5.41, 5.74) is 7.78. The Morgan fingerprint density at radius 3 is 2.77 bits per heavy atom. The topological polar surface area (TPSA) is 85.4 Å². The van der Waals surface area contributed by atoms with Crippen molar-refractivity contribution < 1.29 is 4.74 Å². The zero-order valence-electron chi connectivity index (χ0n) is 12.5. The number of rotatable bonds is 5. The molecule has 1 aromatic carbocycles. The number of ether oxygens (including phenoxy) is 1. The largest absolute Gasteiger partial charge is 0.463 e. The lowest BCUT2D eigenvalue weighted by Gasteiger charge is -2.08. The van der Waals surface area contributed by atoms with Gasteiger partial charge in [0.15, 0.2) is 0 Å². The van der Waals surface area contributed by atoms with Gasteiger partial charge in [0.2, 0.25) is 0 Å². The van der Waals surface area contributed by atoms with Crippen molar-refractivity contribution in [2.75, 3.05) is 11.9 Å². The van der Waals surface area contributed by atoms with Crippen LogP contribution in [0.25, 0.3) is 0 Å². The second kappa shape index (κ2) is 6.43. The van der Waals surface area contributed by atoms with E-state index in [0.29, 0.717) is 12.6 Å². The number of aryl methyl sites for hydroxylation is 2. The Morgan fingerprint density at radius 2 is 2.09 bits per heavy atom. The van der Waals surface area contributed by atoms with Gasteiger partial charge in [-0.1, -0.05) is 12.1 Å². The first-order valence-corrected chi connectivity index (χ1v) is 7.31. The van der Waals surface area contributed by atoms with Gasteiger partial charge in [-0.25, -0.2) is 15.0 Å². The van der Waals surface area contributed by atoms with Crippen molar-refractivity contribution >= 4 is 17.5 Å². The first-order valence-electron chi connectivity index (χ1n) is 7.31. The van der Waals surface area contributed by atoms with Crippen molar-refractivity contribution in [1.29, 1.82) is 0 Å². The molecule has 0 amide bonds. The number of benzene rings is 1. The molecule has 0 fully saturated rings. The zero-order chi connectivity index (χ0) is 15.4. The Hall–Kier alpha value is -2.63. The molecule has 1 aliphatic heterocycles. The van der Waals surface area contributed by atoms with E-state index >= 15 is 0 Å². The fraction of sp³-hybridized carbons (Fsp3) is 0.312. The molecule has 0 bridgehead atoms. The molecule has 0 spiro atoms. The molecule has 114 valence electrons. The highest BCUT2D eigenvalue weighted by Crippen LogP contribution is 2.17. The van der Waals surface area contributed by atoms with Crippen LogP contribution in [0.1, 0.15) is 17.8 Å². The number of hydrogen-bond donors (Lipinski definition) is 2. The fourth-order valence-corrected chi connectivity index (χ4v) is 2.35. The number of aromatic nitrogens is 2. The molecular weight excluding hydrogens is 278 g/mol. The molecule has 3 rings (SSSR count). The molecule has 0 aliphatic carbocycles. The van der Waals surface area contributed by atoms with Gasteiger partial charge < -0.3 is 15.8 Å². The van der Waals surface area contributed by atoms with Crippen LogP contribution in [0.2, 0.25) is 0 Å². The fourth-order valence-electron chi connectivity index (χ4n) is 2.35. The summed E-state index contributed by atoms with van der Waals surface area (Å²) in [6.07, 6.45) is 3.64. The van der Waals surface area contributed by atoms with Crippen molar-refractivity contribution in [3.8, 4) is 0 Å². The van der Waals surface area contributed by atoms with Crippen LogP contribution in [-0.2, 0) is 11.2 Å². The maximum atomic E-state index is 5.51. The van der Waals surface area contributed by atoms with E-state index < -0.39 is 0 Å². The van der Waals surface area contributed by atoms with Crippen LogP contribution in [-0.4, -0.2) is 28.6 Å². The van der Waals surface area contributed by atoms with Gasteiger partial charge in [-0.2, -0.15) is 0 Å². The number of nitrogens with zero attached hydrogens (tertiary/aromatic N) is 3. The standard InChI is InChI=1S/C16H19N5O/c1-11-18-9-8-15(19-11)20-13-5-2-12(3-6-13)4-7-14-10-22-16(17)21-14/h2-3,5-6,8-9,14H,4,7,10H2,1H3,(H2,17,21)(H,18,19,20). The summed E-state index contributed by atoms with van der Waals surface area (Å²) >= 11 is 0. The third-order valence-electron chi connectivity index (χ3n) is 3.50. The third-order valence-corrected chi connectivity index (χ3v) is 3.50. The monoisotopic (exact) mass is 297 g/mol. The summed E-state index contributed by atoms with van der Waals surface area (Å²) < 4.78 is 5.15. The maximum absolute atomic E-state index is 5.51. The first-order chi connectivity index (χ1) is 10.7. The Morgan fingerprint density at radius 1 is 1.27 bits per heavy atom. The van der Waals surface area contributed by atoms with Gasteiger partial charge >= 0.3 is 0 Å². The van der Waals surface area contributed by atoms with E-state index in [9.17, 15) is 0 Å². The number of hydrogen-bond acceptors (Lipinski definition) is 6. The molecule has 2 aromatic rings. The molecule has 1 aliphatic rings. The van der Waals surface area contributed by atoms with E-state index in [-0.39, 0.29) is 6.04 Å². The molecule has 0 saturated carbocycles. The summed E-state index contributed by atoms with van der Waals surface area (Å²) in [4.78, 5) is 12.6. The summed E-state index contributed by atoms with van der Waals surface area (Å²) in [5.74, 6) is 1.55. The number of amidine groups is 1. The number of aliphatic imine (C=N–C) groups is 1. The van der Waals surface area contributed by atoms with Gasteiger partial charge in [-0.05, 0) is 43.5 Å². The van der Waals surface area contributed by atoms with Crippen LogP contribution < -0.4 is 11.1 Å². The second-order valence-corrected chi connectivity index (χ2v) is 5.28. The Bertz CT molecular complexity index is 668. The maximum Gasteiger partial charge on any atom is 0.282 e. The lowest BCUT2D eigenvalue weighted by Crippen LogP contribution is -2.10. The molecule has 22 heavy (non-hydrogen) atoms. The Labute approximate surface area is 129 Å². The number of anilines is 2. The minimum Gasteiger partial charge on any atom is -0.463 e. The third kappa shape index (κ3) is 3.72. The van der Waals surface area contributed by atoms with E-state index in [1.54, 1.807) is 6.20 Å². The highest BCUT2D eigenvalue weighted by molar-refractivity contribution is 5.73. The van der Waals surface area contributed by atoms with Gasteiger partial charge in [0.1, 0.15) is 18.2 Å². The summed E-state index contributed by atoms with van der Waals surface area (Å²) in [6.45, 7) is 2.47. The number of nitrogens with one attached hydrogen (secondary N) is 1. The average Bonchev–Trinajstić information content (AvgIpc) is 2.92. The predicted molar refractivity (Wildman–Crippen MR) is 86.2 cm³/mol. The van der Waals surface area contributed by atoms with Crippen LogP contribution in [0, 0.1) is 6.92 Å². The van der Waals surface area contributed by atoms with E-state index in [0.717, 1.165) is 30.2 Å². The van der Waals surface area contributed by atoms with E-state index in [1.165, 1.54) is 5.56 Å². The smallest absolute Gasteiger partial charge is 0.282 e. The molecule has 1 unspecified atom stereocenters. The van der Waals surface area contributed by atoms with Crippen LogP contribution >= 0.6 is 0 Å². The molecule has 6 heteroatoms. The van der Waals surface area contributed by atoms with E-state index in [2.05, 4.69) is 44.5 Å². The molecule has 1 aromatic heterocycles. The number of nitrogens with two attached hydrogens (primary N) is 1. The van der Waals surface area contributed by atoms with Gasteiger partial charge in [-0.3, -0.25) is 0 Å². The Kier molecular flexibility index (Phi) is 4.18. The zero-order valence-corrected chi connectivity index (χ0v) is 12.5. The summed E-state index contributed by atoms with van der Waals surface area (Å²) in [6, 6.07) is 10.7. The van der Waals surface area contributed by atoms with E-state index in [4.69, 9.17) is 10.5 Å². The second-order valence-electron chi connectivity index (χ2n) is 5.28. The molecule has 1 atom stereocenters. The molecule has 2 heterocycles. The SMILES string of the molecule is Cc1nccc(Nc2ccc(CCC3COC(N)=N3)cc2)n1. The molecule has 0 saturated heterocycles. The highest BCUT2D eigenvalue weighted by atomic mass is 16.5. The van der Waals surface area contributed by atoms with Gasteiger partial charge in [0.25, 0.3) is 6.02 Å². The van der Waals surface area contributed by atoms with Crippen molar-refractivity contribution in [3.63, 3.8) is 0 Å². The first kappa shape index (κ1) is 14.3. The van der Waals surface area contributed by atoms with Crippen molar-refractivity contribution in [2.24, 2.45) is 10.7 Å². The normalized spacial score (nSPS) is 17.0. The van der Waals surface area contributed by atoms with Crippen LogP contribution in [0.15, 0.2) is 41.5 Å². The minimum atomic E-state index is 0.182. The van der Waals surface area contributed by atoms with Gasteiger partial charge in [0.05, 0.1) is 6.04 Å². The van der Waals surface area contributed by atoms with Crippen molar-refractivity contribution in [2.45, 2.75) is 25.8 Å². The molecule has 3 N–H and O–H groups in total. The lowest BCUT2D eigenvalue weighted by atomic mass is 10.1. The van der Waals surface area contributed by atoms with Crippen LogP contribution in [0.3, 0.4) is 0 Å². The van der Waals surface area contributed by atoms with E-state index in [1.807, 2.05) is 13.0 Å². The molecule has 0 radical (unpaired) electrons. The van der Waals surface area contributed by atoms with Crippen LogP contribution in [0.5, 0.6) is 0 Å².